The van der Waals surface area contributed by atoms with Crippen LogP contribution >= 0.6 is 0 Å². The zero-order valence-corrected chi connectivity index (χ0v) is 11.7. The van der Waals surface area contributed by atoms with Gasteiger partial charge in [-0.25, -0.2) is 0 Å². The predicted octanol–water partition coefficient (Wildman–Crippen LogP) is 2.72. The molecule has 18 heavy (non-hydrogen) atoms. The number of hydrogen-bond donors (Lipinski definition) is 2. The van der Waals surface area contributed by atoms with E-state index in [4.69, 9.17) is 0 Å². The fraction of sp³-hybridized carbons (Fsp3) is 0.538. The summed E-state index contributed by atoms with van der Waals surface area (Å²) in [7, 11) is 0. The third kappa shape index (κ3) is 2.25. The molecule has 0 fully saturated rings. The quantitative estimate of drug-likeness (QED) is 0.873. The minimum Gasteiger partial charge on any atom is -0.378 e. The number of H-pyrrole nitrogens is 1. The molecule has 2 aromatic rings. The Hall–Kier alpha value is -1.78. The van der Waals surface area contributed by atoms with Gasteiger partial charge in [0.15, 0.2) is 0 Å². The van der Waals surface area contributed by atoms with Crippen molar-refractivity contribution < 1.29 is 0 Å². The highest BCUT2D eigenvalue weighted by molar-refractivity contribution is 5.52. The number of nitrogens with zero attached hydrogens (tertiary/aromatic N) is 3. The first kappa shape index (κ1) is 12.7. The second-order valence-corrected chi connectivity index (χ2v) is 4.96. The molecule has 0 aliphatic rings. The fourth-order valence-electron chi connectivity index (χ4n) is 2.16. The molecule has 0 aromatic carbocycles. The highest BCUT2D eigenvalue weighted by atomic mass is 15.3. The molecule has 0 aliphatic carbocycles. The zero-order chi connectivity index (χ0) is 13.3. The number of aromatic nitrogens is 4. The summed E-state index contributed by atoms with van der Waals surface area (Å²) in [6, 6.07) is 0.384. The molecule has 2 aromatic heterocycles. The summed E-state index contributed by atoms with van der Waals surface area (Å²) in [5.74, 6) is 0. The number of anilines is 1. The molecule has 2 heterocycles. The van der Waals surface area contributed by atoms with E-state index in [-0.39, 0.29) is 0 Å². The Kier molecular flexibility index (Phi) is 3.41. The lowest BCUT2D eigenvalue weighted by molar-refractivity contribution is 0.516. The SMILES string of the molecule is Cc1nn(C(C)C)c(C)c1NCc1cn[nH]c1C. The second kappa shape index (κ2) is 4.84. The molecule has 2 rings (SSSR count). The molecule has 0 amide bonds. The highest BCUT2D eigenvalue weighted by Gasteiger charge is 2.13. The van der Waals surface area contributed by atoms with Crippen LogP contribution in [0.1, 0.15) is 42.5 Å². The summed E-state index contributed by atoms with van der Waals surface area (Å²) in [6.45, 7) is 11.2. The van der Waals surface area contributed by atoms with E-state index in [1.165, 1.54) is 11.3 Å². The van der Waals surface area contributed by atoms with Crippen LogP contribution in [-0.4, -0.2) is 20.0 Å². The largest absolute Gasteiger partial charge is 0.378 e. The van der Waals surface area contributed by atoms with Gasteiger partial charge < -0.3 is 5.32 Å². The van der Waals surface area contributed by atoms with Crippen LogP contribution in [-0.2, 0) is 6.54 Å². The van der Waals surface area contributed by atoms with Gasteiger partial charge in [0, 0.05) is 23.8 Å². The average molecular weight is 247 g/mol. The van der Waals surface area contributed by atoms with Crippen LogP contribution in [0.3, 0.4) is 0 Å². The van der Waals surface area contributed by atoms with Gasteiger partial charge >= 0.3 is 0 Å². The third-order valence-electron chi connectivity index (χ3n) is 3.20. The first-order chi connectivity index (χ1) is 8.50. The maximum absolute atomic E-state index is 4.56. The van der Waals surface area contributed by atoms with E-state index in [1.807, 2.05) is 20.0 Å². The predicted molar refractivity (Wildman–Crippen MR) is 72.7 cm³/mol. The van der Waals surface area contributed by atoms with Crippen molar-refractivity contribution in [3.05, 3.63) is 28.8 Å². The molecule has 0 saturated heterocycles. The number of nitrogens with one attached hydrogen (secondary N) is 2. The smallest absolute Gasteiger partial charge is 0.0828 e. The van der Waals surface area contributed by atoms with E-state index in [2.05, 4.69) is 46.1 Å². The minimum absolute atomic E-state index is 0.384. The van der Waals surface area contributed by atoms with Gasteiger partial charge in [0.05, 0.1) is 23.3 Å². The molecule has 5 nitrogen and oxygen atoms in total. The minimum atomic E-state index is 0.384. The van der Waals surface area contributed by atoms with Gasteiger partial charge in [0.2, 0.25) is 0 Å². The lowest BCUT2D eigenvalue weighted by Crippen LogP contribution is -2.06. The molecule has 0 aliphatic heterocycles. The van der Waals surface area contributed by atoms with Crippen LogP contribution in [0.15, 0.2) is 6.20 Å². The summed E-state index contributed by atoms with van der Waals surface area (Å²) in [6.07, 6.45) is 1.86. The molecule has 0 unspecified atom stereocenters. The van der Waals surface area contributed by atoms with Crippen LogP contribution < -0.4 is 5.32 Å². The maximum atomic E-state index is 4.56. The van der Waals surface area contributed by atoms with Crippen molar-refractivity contribution in [2.75, 3.05) is 5.32 Å². The van der Waals surface area contributed by atoms with Crippen molar-refractivity contribution in [1.29, 1.82) is 0 Å². The fourth-order valence-corrected chi connectivity index (χ4v) is 2.16. The first-order valence-electron chi connectivity index (χ1n) is 6.29. The summed E-state index contributed by atoms with van der Waals surface area (Å²) >= 11 is 0. The monoisotopic (exact) mass is 247 g/mol. The molecular formula is C13H21N5. The van der Waals surface area contributed by atoms with E-state index < -0.39 is 0 Å². The van der Waals surface area contributed by atoms with E-state index in [1.54, 1.807) is 0 Å². The normalized spacial score (nSPS) is 11.2. The maximum Gasteiger partial charge on any atom is 0.0828 e. The second-order valence-electron chi connectivity index (χ2n) is 4.96. The van der Waals surface area contributed by atoms with Crippen molar-refractivity contribution in [1.82, 2.24) is 20.0 Å². The van der Waals surface area contributed by atoms with Gasteiger partial charge in [-0.1, -0.05) is 0 Å². The van der Waals surface area contributed by atoms with Gasteiger partial charge in [-0.2, -0.15) is 10.2 Å². The molecule has 2 N–H and O–H groups in total. The summed E-state index contributed by atoms with van der Waals surface area (Å²) in [5, 5.41) is 15.0. The number of aromatic amines is 1. The number of hydrogen-bond acceptors (Lipinski definition) is 3. The Morgan fingerprint density at radius 1 is 1.33 bits per heavy atom. The van der Waals surface area contributed by atoms with E-state index in [9.17, 15) is 0 Å². The van der Waals surface area contributed by atoms with Crippen molar-refractivity contribution in [2.45, 2.75) is 47.2 Å². The van der Waals surface area contributed by atoms with Gasteiger partial charge in [0.25, 0.3) is 0 Å². The van der Waals surface area contributed by atoms with Crippen LogP contribution in [0.4, 0.5) is 5.69 Å². The van der Waals surface area contributed by atoms with E-state index in [0.29, 0.717) is 6.04 Å². The van der Waals surface area contributed by atoms with Crippen LogP contribution in [0.2, 0.25) is 0 Å². The number of rotatable bonds is 4. The van der Waals surface area contributed by atoms with Gasteiger partial charge in [0.1, 0.15) is 0 Å². The highest BCUT2D eigenvalue weighted by Crippen LogP contribution is 2.23. The Bertz CT molecular complexity index is 536. The van der Waals surface area contributed by atoms with Gasteiger partial charge in [-0.05, 0) is 34.6 Å². The Morgan fingerprint density at radius 3 is 2.56 bits per heavy atom. The molecule has 0 saturated carbocycles. The molecule has 0 bridgehead atoms. The molecule has 0 atom stereocenters. The Morgan fingerprint density at radius 2 is 2.06 bits per heavy atom. The molecule has 0 radical (unpaired) electrons. The molecule has 5 heteroatoms. The Balaban J connectivity index is 2.17. The zero-order valence-electron chi connectivity index (χ0n) is 11.7. The van der Waals surface area contributed by atoms with E-state index >= 15 is 0 Å². The average Bonchev–Trinajstić information content (AvgIpc) is 2.82. The standard InChI is InChI=1S/C13H21N5/c1-8(2)18-11(5)13(10(4)17-18)14-6-12-7-15-16-9(12)3/h7-8,14H,6H2,1-5H3,(H,15,16). The summed E-state index contributed by atoms with van der Waals surface area (Å²) in [4.78, 5) is 0. The van der Waals surface area contributed by atoms with Crippen molar-refractivity contribution in [2.24, 2.45) is 0 Å². The van der Waals surface area contributed by atoms with Gasteiger partial charge in [-0.15, -0.1) is 0 Å². The third-order valence-corrected chi connectivity index (χ3v) is 3.20. The Labute approximate surface area is 108 Å². The number of aryl methyl sites for hydroxylation is 2. The first-order valence-corrected chi connectivity index (χ1v) is 6.29. The van der Waals surface area contributed by atoms with Crippen molar-refractivity contribution >= 4 is 5.69 Å². The topological polar surface area (TPSA) is 58.5 Å². The van der Waals surface area contributed by atoms with E-state index in [0.717, 1.165) is 23.6 Å². The van der Waals surface area contributed by atoms with Gasteiger partial charge in [-0.3, -0.25) is 9.78 Å². The lowest BCUT2D eigenvalue weighted by Gasteiger charge is -2.09. The molecular weight excluding hydrogens is 226 g/mol. The van der Waals surface area contributed by atoms with Crippen LogP contribution in [0.25, 0.3) is 0 Å². The van der Waals surface area contributed by atoms with Crippen molar-refractivity contribution in [3.63, 3.8) is 0 Å². The van der Waals surface area contributed by atoms with Crippen LogP contribution in [0, 0.1) is 20.8 Å². The van der Waals surface area contributed by atoms with Crippen LogP contribution in [0.5, 0.6) is 0 Å². The summed E-state index contributed by atoms with van der Waals surface area (Å²) < 4.78 is 2.06. The molecule has 0 spiro atoms. The summed E-state index contributed by atoms with van der Waals surface area (Å²) in [5.41, 5.74) is 5.65. The molecule has 98 valence electrons. The van der Waals surface area contributed by atoms with Crippen molar-refractivity contribution in [3.8, 4) is 0 Å². The lowest BCUT2D eigenvalue weighted by atomic mass is 10.2.